The number of nitrogens with one attached hydrogen (secondary N) is 2. The van der Waals surface area contributed by atoms with Crippen LogP contribution in [0.4, 0.5) is 28.8 Å². The molecule has 0 radical (unpaired) electrons. The van der Waals surface area contributed by atoms with Gasteiger partial charge in [0, 0.05) is 44.6 Å². The summed E-state index contributed by atoms with van der Waals surface area (Å²) < 4.78 is 24.9. The van der Waals surface area contributed by atoms with Crippen molar-refractivity contribution in [2.45, 2.75) is 6.42 Å². The van der Waals surface area contributed by atoms with Crippen LogP contribution in [0.3, 0.4) is 0 Å². The monoisotopic (exact) mass is 543 g/mol. The van der Waals surface area contributed by atoms with Gasteiger partial charge in [0.25, 0.3) is 0 Å². The number of hydrogen-bond donors (Lipinski definition) is 2. The van der Waals surface area contributed by atoms with Crippen molar-refractivity contribution in [1.29, 1.82) is 0 Å². The summed E-state index contributed by atoms with van der Waals surface area (Å²) in [5.41, 5.74) is 2.82. The van der Waals surface area contributed by atoms with E-state index in [9.17, 15) is 13.2 Å². The number of carbonyl (C=O) groups excluding carboxylic acids is 1. The van der Waals surface area contributed by atoms with Gasteiger partial charge in [-0.1, -0.05) is 29.8 Å². The van der Waals surface area contributed by atoms with Crippen LogP contribution >= 0.6 is 11.6 Å². The van der Waals surface area contributed by atoms with Gasteiger partial charge in [0.05, 0.1) is 24.6 Å². The third-order valence-corrected chi connectivity index (χ3v) is 7.62. The van der Waals surface area contributed by atoms with E-state index >= 15 is 0 Å². The van der Waals surface area contributed by atoms with Crippen molar-refractivity contribution in [3.05, 3.63) is 65.3 Å². The predicted octanol–water partition coefficient (Wildman–Crippen LogP) is 3.33. The fourth-order valence-corrected chi connectivity index (χ4v) is 4.43. The van der Waals surface area contributed by atoms with Crippen molar-refractivity contribution in [3.8, 4) is 0 Å². The van der Waals surface area contributed by atoms with Crippen molar-refractivity contribution in [1.82, 2.24) is 19.8 Å². The minimum Gasteiger partial charge on any atom is -0.340 e. The summed E-state index contributed by atoms with van der Waals surface area (Å²) in [5.74, 6) is 0.836. The second kappa shape index (κ2) is 11.3. The lowest BCUT2D eigenvalue weighted by Gasteiger charge is -2.32. The minimum atomic E-state index is -3.39. The van der Waals surface area contributed by atoms with Gasteiger partial charge in [-0.25, -0.2) is 13.4 Å². The quantitative estimate of drug-likeness (QED) is 0.445. The molecule has 1 saturated heterocycles. The van der Waals surface area contributed by atoms with Crippen LogP contribution in [0.1, 0.15) is 5.56 Å². The van der Waals surface area contributed by atoms with E-state index in [4.69, 9.17) is 11.6 Å². The van der Waals surface area contributed by atoms with Crippen LogP contribution in [0.5, 0.6) is 0 Å². The maximum Gasteiger partial charge on any atom is 0.231 e. The maximum atomic E-state index is 12.6. The number of sulfonamides is 1. The third kappa shape index (κ3) is 7.09. The number of aromatic nitrogens is 2. The summed E-state index contributed by atoms with van der Waals surface area (Å²) in [6.45, 7) is 3.32. The molecule has 1 aliphatic rings. The average Bonchev–Trinajstić information content (AvgIpc) is 2.87. The van der Waals surface area contributed by atoms with Crippen LogP contribution in [-0.2, 0) is 21.2 Å². The lowest BCUT2D eigenvalue weighted by atomic mass is 10.1. The van der Waals surface area contributed by atoms with Crippen LogP contribution < -0.4 is 14.9 Å². The van der Waals surface area contributed by atoms with Crippen molar-refractivity contribution < 1.29 is 13.2 Å². The number of amides is 1. The molecule has 4 rings (SSSR count). The molecule has 2 N–H and O–H groups in total. The van der Waals surface area contributed by atoms with E-state index in [1.807, 2.05) is 29.2 Å². The summed E-state index contributed by atoms with van der Waals surface area (Å²) in [7, 11) is 0.161. The highest BCUT2D eigenvalue weighted by molar-refractivity contribution is 7.92. The SMILES string of the molecule is CN1CCN(C(=O)Cc2ccc(Nc3ncc(Cl)c(Nc4cccc(N(C)S(C)(=O)=O)c4)n3)cc2)CC1. The molecule has 196 valence electrons. The van der Waals surface area contributed by atoms with Gasteiger partial charge in [0.15, 0.2) is 5.82 Å². The second-order valence-electron chi connectivity index (χ2n) is 8.98. The molecule has 0 spiro atoms. The first-order valence-electron chi connectivity index (χ1n) is 11.7. The largest absolute Gasteiger partial charge is 0.340 e. The molecule has 0 aliphatic carbocycles. The second-order valence-corrected chi connectivity index (χ2v) is 11.4. The van der Waals surface area contributed by atoms with Crippen LogP contribution in [0.2, 0.25) is 5.02 Å². The number of rotatable bonds is 8. The Kier molecular flexibility index (Phi) is 8.16. The zero-order valence-electron chi connectivity index (χ0n) is 21.0. The standard InChI is InChI=1S/C25H30ClN7O3S/c1-31-11-13-33(14-12-31)23(34)15-18-7-9-19(10-8-18)29-25-27-17-22(26)24(30-25)28-20-5-4-6-21(16-20)32(2)37(3,35)36/h4-10,16-17H,11-15H2,1-3H3,(H2,27,28,29,30). The molecule has 1 aromatic heterocycles. The number of nitrogens with zero attached hydrogens (tertiary/aromatic N) is 5. The van der Waals surface area contributed by atoms with Gasteiger partial charge >= 0.3 is 0 Å². The van der Waals surface area contributed by atoms with E-state index in [0.717, 1.165) is 43.7 Å². The Hall–Kier alpha value is -3.41. The van der Waals surface area contributed by atoms with Crippen molar-refractivity contribution in [3.63, 3.8) is 0 Å². The minimum absolute atomic E-state index is 0.136. The number of benzene rings is 2. The zero-order chi connectivity index (χ0) is 26.6. The van der Waals surface area contributed by atoms with Crippen LogP contribution in [0, 0.1) is 0 Å². The number of carbonyl (C=O) groups is 1. The first-order valence-corrected chi connectivity index (χ1v) is 14.0. The highest BCUT2D eigenvalue weighted by Gasteiger charge is 2.19. The highest BCUT2D eigenvalue weighted by Crippen LogP contribution is 2.27. The van der Waals surface area contributed by atoms with Crippen molar-refractivity contribution >= 4 is 56.4 Å². The van der Waals surface area contributed by atoms with Gasteiger partial charge in [0.2, 0.25) is 21.9 Å². The van der Waals surface area contributed by atoms with Gasteiger partial charge < -0.3 is 20.4 Å². The molecule has 2 aromatic carbocycles. The molecule has 37 heavy (non-hydrogen) atoms. The topological polar surface area (TPSA) is 111 Å². The molecule has 10 nitrogen and oxygen atoms in total. The lowest BCUT2D eigenvalue weighted by molar-refractivity contribution is -0.132. The van der Waals surface area contributed by atoms with Gasteiger partial charge in [-0.05, 0) is 42.9 Å². The fraction of sp³-hybridized carbons (Fsp3) is 0.320. The van der Waals surface area contributed by atoms with Gasteiger partial charge in [-0.3, -0.25) is 9.10 Å². The highest BCUT2D eigenvalue weighted by atomic mass is 35.5. The summed E-state index contributed by atoms with van der Waals surface area (Å²) >= 11 is 6.31. The normalized spacial score (nSPS) is 14.3. The Morgan fingerprint density at radius 1 is 1.05 bits per heavy atom. The van der Waals surface area contributed by atoms with E-state index in [2.05, 4.69) is 32.5 Å². The molecule has 0 bridgehead atoms. The van der Waals surface area contributed by atoms with Crippen LogP contribution in [-0.4, -0.2) is 80.6 Å². The number of halogens is 1. The average molecular weight is 544 g/mol. The van der Waals surface area contributed by atoms with E-state index in [0.29, 0.717) is 34.6 Å². The van der Waals surface area contributed by atoms with E-state index in [1.54, 1.807) is 24.3 Å². The predicted molar refractivity (Wildman–Crippen MR) is 148 cm³/mol. The van der Waals surface area contributed by atoms with Gasteiger partial charge in [0.1, 0.15) is 5.02 Å². The zero-order valence-corrected chi connectivity index (χ0v) is 22.6. The number of likely N-dealkylation sites (N-methyl/N-ethyl adjacent to an activating group) is 1. The Balaban J connectivity index is 1.41. The lowest BCUT2D eigenvalue weighted by Crippen LogP contribution is -2.47. The Bertz CT molecular complexity index is 1360. The fourth-order valence-electron chi connectivity index (χ4n) is 3.80. The van der Waals surface area contributed by atoms with E-state index in [1.165, 1.54) is 17.5 Å². The Labute approximate surface area is 222 Å². The summed E-state index contributed by atoms with van der Waals surface area (Å²) in [5, 5.41) is 6.58. The molecular formula is C25H30ClN7O3S. The molecule has 0 unspecified atom stereocenters. The van der Waals surface area contributed by atoms with Crippen molar-refractivity contribution in [2.75, 3.05) is 61.5 Å². The van der Waals surface area contributed by atoms with Gasteiger partial charge in [-0.2, -0.15) is 4.98 Å². The Morgan fingerprint density at radius 3 is 2.43 bits per heavy atom. The third-order valence-electron chi connectivity index (χ3n) is 6.14. The van der Waals surface area contributed by atoms with Crippen molar-refractivity contribution in [2.24, 2.45) is 0 Å². The van der Waals surface area contributed by atoms with Crippen LogP contribution in [0.15, 0.2) is 54.7 Å². The smallest absolute Gasteiger partial charge is 0.231 e. The summed E-state index contributed by atoms with van der Waals surface area (Å²) in [6.07, 6.45) is 2.99. The van der Waals surface area contributed by atoms with E-state index < -0.39 is 10.0 Å². The first-order chi connectivity index (χ1) is 17.6. The van der Waals surface area contributed by atoms with E-state index in [-0.39, 0.29) is 5.91 Å². The maximum absolute atomic E-state index is 12.6. The molecular weight excluding hydrogens is 514 g/mol. The molecule has 0 saturated carbocycles. The molecule has 0 atom stereocenters. The van der Waals surface area contributed by atoms with Gasteiger partial charge in [-0.15, -0.1) is 0 Å². The number of piperazine rings is 1. The molecule has 1 fully saturated rings. The molecule has 3 aromatic rings. The Morgan fingerprint density at radius 2 is 1.76 bits per heavy atom. The summed E-state index contributed by atoms with van der Waals surface area (Å²) in [6, 6.07) is 14.5. The number of hydrogen-bond acceptors (Lipinski definition) is 8. The van der Waals surface area contributed by atoms with Crippen LogP contribution in [0.25, 0.3) is 0 Å². The molecule has 1 aliphatic heterocycles. The molecule has 1 amide bonds. The molecule has 2 heterocycles. The number of anilines is 5. The molecule has 12 heteroatoms. The first kappa shape index (κ1) is 26.6. The summed E-state index contributed by atoms with van der Waals surface area (Å²) in [4.78, 5) is 25.4.